The quantitative estimate of drug-likeness (QED) is 0.158. The van der Waals surface area contributed by atoms with Gasteiger partial charge in [-0.2, -0.15) is 0 Å². The Bertz CT molecular complexity index is 1070. The number of aliphatic hydroxyl groups is 2. The lowest BCUT2D eigenvalue weighted by molar-refractivity contribution is -0.165. The van der Waals surface area contributed by atoms with E-state index in [1.165, 1.54) is 7.11 Å². The molecule has 0 saturated carbocycles. The van der Waals surface area contributed by atoms with Crippen LogP contribution in [-0.2, 0) is 33.4 Å². The van der Waals surface area contributed by atoms with Crippen molar-refractivity contribution in [3.63, 3.8) is 0 Å². The molecule has 0 fully saturated rings. The minimum absolute atomic E-state index is 0.109. The van der Waals surface area contributed by atoms with Gasteiger partial charge >= 0.3 is 23.9 Å². The molecule has 1 aromatic carbocycles. The maximum absolute atomic E-state index is 12.9. The fourth-order valence-corrected chi connectivity index (χ4v) is 3.63. The number of rotatable bonds is 11. The highest BCUT2D eigenvalue weighted by Crippen LogP contribution is 2.41. The number of carbonyl (C=O) groups excluding carboxylic acids is 2. The van der Waals surface area contributed by atoms with Crippen LogP contribution in [0.2, 0.25) is 5.02 Å². The molecule has 3 atom stereocenters. The molecule has 13 nitrogen and oxygen atoms in total. The summed E-state index contributed by atoms with van der Waals surface area (Å²) in [7, 11) is 1.29. The van der Waals surface area contributed by atoms with E-state index in [4.69, 9.17) is 52.0 Å². The summed E-state index contributed by atoms with van der Waals surface area (Å²) < 4.78 is 15.8. The molecule has 1 heterocycles. The molecule has 0 saturated heterocycles. The van der Waals surface area contributed by atoms with Gasteiger partial charge in [0, 0.05) is 17.3 Å². The smallest absolute Gasteiger partial charge is 0.336 e. The lowest BCUT2D eigenvalue weighted by Gasteiger charge is -2.31. The molecule has 1 aliphatic rings. The van der Waals surface area contributed by atoms with Gasteiger partial charge in [0.15, 0.2) is 12.2 Å². The van der Waals surface area contributed by atoms with Crippen molar-refractivity contribution in [3.05, 3.63) is 57.4 Å². The summed E-state index contributed by atoms with van der Waals surface area (Å²) in [6, 6.07) is 7.05. The Hall–Kier alpha value is -3.49. The number of allylic oxidation sites excluding steroid dienone is 1. The number of hydrogen-bond acceptors (Lipinski definition) is 11. The first-order valence-corrected chi connectivity index (χ1v) is 11.6. The highest BCUT2D eigenvalue weighted by atomic mass is 35.5. The van der Waals surface area contributed by atoms with E-state index in [1.54, 1.807) is 38.1 Å². The number of nitrogens with one attached hydrogen (secondary N) is 1. The van der Waals surface area contributed by atoms with Crippen molar-refractivity contribution in [1.82, 2.24) is 5.32 Å². The van der Waals surface area contributed by atoms with Crippen LogP contribution < -0.4 is 11.1 Å². The van der Waals surface area contributed by atoms with Gasteiger partial charge in [-0.15, -0.1) is 0 Å². The van der Waals surface area contributed by atoms with Crippen molar-refractivity contribution in [1.29, 1.82) is 0 Å². The van der Waals surface area contributed by atoms with Crippen molar-refractivity contribution in [2.24, 2.45) is 5.73 Å². The Morgan fingerprint density at radius 3 is 2.11 bits per heavy atom. The molecule has 210 valence electrons. The van der Waals surface area contributed by atoms with Crippen LogP contribution in [0.3, 0.4) is 0 Å². The van der Waals surface area contributed by atoms with Gasteiger partial charge in [-0.3, -0.25) is 0 Å². The lowest BCUT2D eigenvalue weighted by Crippen LogP contribution is -2.39. The van der Waals surface area contributed by atoms with Gasteiger partial charge in [0.2, 0.25) is 0 Å². The number of ether oxygens (including phenoxy) is 3. The van der Waals surface area contributed by atoms with E-state index in [2.05, 4.69) is 5.32 Å². The van der Waals surface area contributed by atoms with Crippen molar-refractivity contribution in [2.75, 3.05) is 33.5 Å². The third kappa shape index (κ3) is 8.53. The molecule has 0 aromatic heterocycles. The molecule has 0 spiro atoms. The normalized spacial score (nSPS) is 16.4. The van der Waals surface area contributed by atoms with Gasteiger partial charge in [0.25, 0.3) is 0 Å². The standard InChI is InChI=1S/C20H25ClN2O5.C4H6O6/c1-4-28-20(25)18-15(11-27-10-9-22)23-12(2)16(19(24)26-3)17(18)13-7-5-6-8-14(13)21;5-1(3(7)8)2(6)4(9)10/h5-8,17,23H,4,9-11,22H2,1-3H3;1-2,5-6H,(H,7,8)(H,9,10). The monoisotopic (exact) mass is 558 g/mol. The van der Waals surface area contributed by atoms with E-state index in [-0.39, 0.29) is 18.8 Å². The zero-order valence-electron chi connectivity index (χ0n) is 21.0. The summed E-state index contributed by atoms with van der Waals surface area (Å²) in [5, 5.41) is 36.0. The second-order valence-corrected chi connectivity index (χ2v) is 8.04. The number of nitrogens with two attached hydrogens (primary N) is 1. The van der Waals surface area contributed by atoms with Crippen molar-refractivity contribution >= 4 is 35.5 Å². The number of methoxy groups -OCH3 is 1. The van der Waals surface area contributed by atoms with Gasteiger partial charge in [0.05, 0.1) is 49.7 Å². The number of carboxylic acids is 2. The number of hydrogen-bond donors (Lipinski definition) is 6. The van der Waals surface area contributed by atoms with Gasteiger partial charge in [-0.1, -0.05) is 29.8 Å². The largest absolute Gasteiger partial charge is 0.479 e. The number of halogens is 1. The Morgan fingerprint density at radius 1 is 1.05 bits per heavy atom. The molecule has 14 heteroatoms. The summed E-state index contributed by atoms with van der Waals surface area (Å²) in [5.41, 5.74) is 7.70. The Morgan fingerprint density at radius 2 is 1.63 bits per heavy atom. The van der Waals surface area contributed by atoms with Gasteiger partial charge in [-0.05, 0) is 25.5 Å². The highest BCUT2D eigenvalue weighted by molar-refractivity contribution is 6.31. The molecular formula is C24H31ClN2O11. The van der Waals surface area contributed by atoms with Crippen LogP contribution in [0.4, 0.5) is 0 Å². The topological polar surface area (TPSA) is 215 Å². The van der Waals surface area contributed by atoms with E-state index in [0.29, 0.717) is 40.7 Å². The molecule has 7 N–H and O–H groups in total. The van der Waals surface area contributed by atoms with Crippen molar-refractivity contribution in [3.8, 4) is 0 Å². The number of aliphatic carboxylic acids is 2. The first-order chi connectivity index (χ1) is 17.9. The minimum Gasteiger partial charge on any atom is -0.479 e. The molecule has 3 unspecified atom stereocenters. The van der Waals surface area contributed by atoms with Crippen molar-refractivity contribution in [2.45, 2.75) is 32.0 Å². The first-order valence-electron chi connectivity index (χ1n) is 11.2. The van der Waals surface area contributed by atoms with Crippen LogP contribution in [0.5, 0.6) is 0 Å². The minimum atomic E-state index is -2.27. The number of benzene rings is 1. The fraction of sp³-hybridized carbons (Fsp3) is 0.417. The Kier molecular flexibility index (Phi) is 13.4. The Labute approximate surface area is 223 Å². The SMILES string of the molecule is CCOC(=O)C1=C(COCCN)NC(C)=C(C(=O)OC)C1c1ccccc1Cl.O=C(O)C(O)C(O)C(=O)O. The number of carboxylic acid groups (broad SMARTS) is 2. The summed E-state index contributed by atoms with van der Waals surface area (Å²) >= 11 is 6.42. The highest BCUT2D eigenvalue weighted by Gasteiger charge is 2.39. The zero-order chi connectivity index (χ0) is 29.0. The molecule has 0 bridgehead atoms. The van der Waals surface area contributed by atoms with E-state index in [0.717, 1.165) is 0 Å². The van der Waals surface area contributed by atoms with Crippen LogP contribution in [-0.4, -0.2) is 90.0 Å². The second-order valence-electron chi connectivity index (χ2n) is 7.63. The van der Waals surface area contributed by atoms with Gasteiger partial charge in [-0.25, -0.2) is 19.2 Å². The summed E-state index contributed by atoms with van der Waals surface area (Å²) in [5.74, 6) is -5.40. The van der Waals surface area contributed by atoms with Gasteiger partial charge < -0.3 is 45.7 Å². The van der Waals surface area contributed by atoms with Crippen LogP contribution >= 0.6 is 11.6 Å². The van der Waals surface area contributed by atoms with Crippen LogP contribution in [0.15, 0.2) is 46.8 Å². The van der Waals surface area contributed by atoms with Crippen LogP contribution in [0, 0.1) is 0 Å². The van der Waals surface area contributed by atoms with E-state index >= 15 is 0 Å². The number of esters is 2. The van der Waals surface area contributed by atoms with Gasteiger partial charge in [0.1, 0.15) is 0 Å². The molecule has 1 aromatic rings. The molecule has 38 heavy (non-hydrogen) atoms. The number of carbonyl (C=O) groups is 4. The first kappa shape index (κ1) is 32.5. The number of aliphatic hydroxyl groups excluding tert-OH is 2. The predicted octanol–water partition coefficient (Wildman–Crippen LogP) is 0.144. The average molecular weight is 559 g/mol. The second kappa shape index (κ2) is 15.7. The lowest BCUT2D eigenvalue weighted by atomic mass is 9.80. The van der Waals surface area contributed by atoms with Crippen molar-refractivity contribution < 1.29 is 53.8 Å². The number of dihydropyridines is 1. The molecule has 0 aliphatic carbocycles. The van der Waals surface area contributed by atoms with Crippen LogP contribution in [0.25, 0.3) is 0 Å². The average Bonchev–Trinajstić information content (AvgIpc) is 2.87. The maximum Gasteiger partial charge on any atom is 0.336 e. The third-order valence-electron chi connectivity index (χ3n) is 5.08. The van der Waals surface area contributed by atoms with E-state index in [1.807, 2.05) is 0 Å². The predicted molar refractivity (Wildman–Crippen MR) is 133 cm³/mol. The summed E-state index contributed by atoms with van der Waals surface area (Å²) in [6.45, 7) is 4.42. The Balaban J connectivity index is 0.000000612. The van der Waals surface area contributed by atoms with Crippen LogP contribution in [0.1, 0.15) is 25.3 Å². The molecule has 0 radical (unpaired) electrons. The van der Waals surface area contributed by atoms with E-state index in [9.17, 15) is 19.2 Å². The summed E-state index contributed by atoms with van der Waals surface area (Å²) in [6.07, 6.45) is -4.53. The fourth-order valence-electron chi connectivity index (χ4n) is 3.39. The summed E-state index contributed by atoms with van der Waals surface area (Å²) in [4.78, 5) is 45.0. The third-order valence-corrected chi connectivity index (χ3v) is 5.42. The molecule has 0 amide bonds. The molecule has 2 rings (SSSR count). The zero-order valence-corrected chi connectivity index (χ0v) is 21.7. The maximum atomic E-state index is 12.9. The molecular weight excluding hydrogens is 528 g/mol. The molecule has 1 aliphatic heterocycles. The van der Waals surface area contributed by atoms with E-state index < -0.39 is 42.0 Å².